The maximum Gasteiger partial charge on any atom is 0.119 e. The number of aromatic nitrogens is 1. The molecule has 0 spiro atoms. The minimum absolute atomic E-state index is 0.275. The van der Waals surface area contributed by atoms with Gasteiger partial charge in [-0.15, -0.1) is 0 Å². The first-order valence-electron chi connectivity index (χ1n) is 9.16. The van der Waals surface area contributed by atoms with E-state index < -0.39 is 6.10 Å². The van der Waals surface area contributed by atoms with Gasteiger partial charge in [-0.2, -0.15) is 0 Å². The van der Waals surface area contributed by atoms with Gasteiger partial charge in [0, 0.05) is 36.1 Å². The van der Waals surface area contributed by atoms with Gasteiger partial charge in [-0.05, 0) is 23.8 Å². The molecule has 1 unspecified atom stereocenters. The third kappa shape index (κ3) is 3.37. The monoisotopic (exact) mass is 346 g/mol. The van der Waals surface area contributed by atoms with E-state index in [2.05, 4.69) is 28.1 Å². The molecule has 0 amide bonds. The summed E-state index contributed by atoms with van der Waals surface area (Å²) in [6, 6.07) is 16.0. The number of nitrogens with zero attached hydrogens (tertiary/aromatic N) is 1. The predicted molar refractivity (Wildman–Crippen MR) is 105 cm³/mol. The zero-order valence-electron chi connectivity index (χ0n) is 14.8. The van der Waals surface area contributed by atoms with Crippen LogP contribution in [0.25, 0.3) is 10.9 Å². The molecule has 2 N–H and O–H groups in total. The van der Waals surface area contributed by atoms with Crippen molar-refractivity contribution in [3.8, 4) is 5.75 Å². The quantitative estimate of drug-likeness (QED) is 0.674. The molecule has 0 aliphatic carbocycles. The third-order valence-corrected chi connectivity index (χ3v) is 5.01. The molecule has 0 fully saturated rings. The molecule has 3 aromatic rings. The number of para-hydroxylation sites is 1. The smallest absolute Gasteiger partial charge is 0.119 e. The Morgan fingerprint density at radius 1 is 1.19 bits per heavy atom. The van der Waals surface area contributed by atoms with Gasteiger partial charge < -0.3 is 19.7 Å². The highest BCUT2D eigenvalue weighted by atomic mass is 16.5. The second-order valence-electron chi connectivity index (χ2n) is 6.80. The number of hydrogen-bond acceptors (Lipinski definition) is 3. The number of benzene rings is 2. The van der Waals surface area contributed by atoms with Gasteiger partial charge in [-0.1, -0.05) is 42.2 Å². The maximum absolute atomic E-state index is 10.6. The first-order chi connectivity index (χ1) is 12.8. The fourth-order valence-corrected chi connectivity index (χ4v) is 3.74. The fraction of sp³-hybridized carbons (Fsp3) is 0.333. The van der Waals surface area contributed by atoms with Crippen molar-refractivity contribution >= 4 is 18.7 Å². The molecule has 0 bridgehead atoms. The number of aliphatic hydroxyl groups excluding tert-OH is 1. The van der Waals surface area contributed by atoms with Gasteiger partial charge in [0.15, 0.2) is 0 Å². The van der Waals surface area contributed by atoms with Gasteiger partial charge >= 0.3 is 0 Å². The normalized spacial score (nSPS) is 15.0. The zero-order chi connectivity index (χ0) is 17.9. The Labute approximate surface area is 155 Å². The van der Waals surface area contributed by atoms with Gasteiger partial charge in [0.25, 0.3) is 0 Å². The van der Waals surface area contributed by atoms with E-state index in [0.717, 1.165) is 36.3 Å². The molecule has 1 atom stereocenters. The number of nitrogens with one attached hydrogen (secondary N) is 1. The minimum Gasteiger partial charge on any atom is -0.491 e. The van der Waals surface area contributed by atoms with E-state index in [-0.39, 0.29) is 6.61 Å². The molecule has 4 rings (SSSR count). The molecule has 2 aromatic carbocycles. The van der Waals surface area contributed by atoms with E-state index in [0.29, 0.717) is 12.9 Å². The second kappa shape index (κ2) is 7.56. The molecule has 0 saturated heterocycles. The van der Waals surface area contributed by atoms with Gasteiger partial charge in [0.05, 0.1) is 14.4 Å². The molecule has 0 saturated carbocycles. The van der Waals surface area contributed by atoms with E-state index in [1.165, 1.54) is 16.6 Å². The summed E-state index contributed by atoms with van der Waals surface area (Å²) in [4.78, 5) is 0. The summed E-state index contributed by atoms with van der Waals surface area (Å²) in [6.07, 6.45) is 0.935. The summed E-state index contributed by atoms with van der Waals surface area (Å²) >= 11 is 0. The first-order valence-corrected chi connectivity index (χ1v) is 9.16. The number of fused-ring (bicyclic) bond motifs is 3. The highest BCUT2D eigenvalue weighted by Crippen LogP contribution is 2.30. The second-order valence-corrected chi connectivity index (χ2v) is 6.80. The molecule has 2 radical (unpaired) electrons. The average Bonchev–Trinajstić information content (AvgIpc) is 3.00. The molecule has 26 heavy (non-hydrogen) atoms. The summed E-state index contributed by atoms with van der Waals surface area (Å²) in [5.74, 6) is 0.780. The topological polar surface area (TPSA) is 46.4 Å². The largest absolute Gasteiger partial charge is 0.491 e. The summed E-state index contributed by atoms with van der Waals surface area (Å²) < 4.78 is 7.97. The molecule has 5 heteroatoms. The Bertz CT molecular complexity index is 892. The Morgan fingerprint density at radius 3 is 2.85 bits per heavy atom. The Kier molecular flexibility index (Phi) is 5.00. The van der Waals surface area contributed by atoms with Crippen LogP contribution in [0.4, 0.5) is 0 Å². The molecule has 1 aromatic heterocycles. The van der Waals surface area contributed by atoms with Crippen LogP contribution in [0.5, 0.6) is 5.75 Å². The Morgan fingerprint density at radius 2 is 2.04 bits per heavy atom. The highest BCUT2D eigenvalue weighted by molar-refractivity contribution is 6.08. The molecule has 1 aliphatic rings. The standard InChI is InChI=1S/C21H23BN2O2/c22-11-15-6-7-20-18(10-15)19-12-23-9-8-21(19)24(20)13-16(25)14-26-17-4-2-1-3-5-17/h1-7,10,16,23,25H,8-9,11-14H2. The molecule has 1 aliphatic heterocycles. The lowest BCUT2D eigenvalue weighted by Gasteiger charge is -2.19. The van der Waals surface area contributed by atoms with Crippen LogP contribution in [-0.2, 0) is 25.8 Å². The van der Waals surface area contributed by atoms with E-state index in [1.807, 2.05) is 30.3 Å². The highest BCUT2D eigenvalue weighted by Gasteiger charge is 2.21. The molecule has 132 valence electrons. The average molecular weight is 346 g/mol. The van der Waals surface area contributed by atoms with Crippen LogP contribution < -0.4 is 10.1 Å². The van der Waals surface area contributed by atoms with Crippen molar-refractivity contribution in [2.75, 3.05) is 13.2 Å². The summed E-state index contributed by atoms with van der Waals surface area (Å²) in [5, 5.41) is 15.3. The number of rotatable bonds is 6. The Hall–Kier alpha value is -2.24. The first kappa shape index (κ1) is 17.2. The molecule has 2 heterocycles. The van der Waals surface area contributed by atoms with Crippen molar-refractivity contribution in [3.63, 3.8) is 0 Å². The number of ether oxygens (including phenoxy) is 1. The van der Waals surface area contributed by atoms with Crippen molar-refractivity contribution in [1.82, 2.24) is 9.88 Å². The van der Waals surface area contributed by atoms with Gasteiger partial charge in [-0.3, -0.25) is 0 Å². The van der Waals surface area contributed by atoms with Crippen LogP contribution in [0, 0.1) is 0 Å². The predicted octanol–water partition coefficient (Wildman–Crippen LogP) is 2.40. The minimum atomic E-state index is -0.570. The number of aliphatic hydroxyl groups is 1. The lowest BCUT2D eigenvalue weighted by molar-refractivity contribution is 0.0928. The van der Waals surface area contributed by atoms with Crippen molar-refractivity contribution in [2.24, 2.45) is 0 Å². The van der Waals surface area contributed by atoms with Gasteiger partial charge in [0.2, 0.25) is 0 Å². The van der Waals surface area contributed by atoms with Crippen LogP contribution in [0.2, 0.25) is 0 Å². The van der Waals surface area contributed by atoms with Crippen LogP contribution in [-0.4, -0.2) is 36.8 Å². The lowest BCUT2D eigenvalue weighted by Crippen LogP contribution is -2.28. The molecule has 4 nitrogen and oxygen atoms in total. The van der Waals surface area contributed by atoms with Gasteiger partial charge in [0.1, 0.15) is 18.5 Å². The summed E-state index contributed by atoms with van der Waals surface area (Å²) in [7, 11) is 5.82. The Balaban J connectivity index is 1.59. The van der Waals surface area contributed by atoms with Crippen molar-refractivity contribution < 1.29 is 9.84 Å². The van der Waals surface area contributed by atoms with E-state index in [4.69, 9.17) is 12.6 Å². The molecular weight excluding hydrogens is 323 g/mol. The van der Waals surface area contributed by atoms with E-state index in [9.17, 15) is 5.11 Å². The van der Waals surface area contributed by atoms with Crippen molar-refractivity contribution in [3.05, 3.63) is 65.4 Å². The van der Waals surface area contributed by atoms with Gasteiger partial charge in [-0.25, -0.2) is 0 Å². The summed E-state index contributed by atoms with van der Waals surface area (Å²) in [6.45, 7) is 2.63. The SMILES string of the molecule is [B]Cc1ccc2c(c1)c1c(n2CC(O)COc2ccccc2)CCNC1. The summed E-state index contributed by atoms with van der Waals surface area (Å²) in [5.41, 5.74) is 4.94. The molecular formula is C21H23BN2O2. The van der Waals surface area contributed by atoms with Crippen molar-refractivity contribution in [1.29, 1.82) is 0 Å². The third-order valence-electron chi connectivity index (χ3n) is 5.01. The van der Waals surface area contributed by atoms with E-state index >= 15 is 0 Å². The van der Waals surface area contributed by atoms with Crippen LogP contribution in [0.15, 0.2) is 48.5 Å². The maximum atomic E-state index is 10.6. The van der Waals surface area contributed by atoms with Crippen molar-refractivity contribution in [2.45, 2.75) is 31.9 Å². The van der Waals surface area contributed by atoms with Crippen LogP contribution in [0.3, 0.4) is 0 Å². The zero-order valence-corrected chi connectivity index (χ0v) is 14.8. The fourth-order valence-electron chi connectivity index (χ4n) is 3.74. The number of hydrogen-bond donors (Lipinski definition) is 2. The van der Waals surface area contributed by atoms with Crippen LogP contribution >= 0.6 is 0 Å². The lowest BCUT2D eigenvalue weighted by atomic mass is 9.95. The van der Waals surface area contributed by atoms with E-state index in [1.54, 1.807) is 0 Å². The van der Waals surface area contributed by atoms with Crippen LogP contribution in [0.1, 0.15) is 16.8 Å².